The highest BCUT2D eigenvalue weighted by atomic mass is 16.5. The van der Waals surface area contributed by atoms with Gasteiger partial charge in [0, 0.05) is 6.54 Å². The molecule has 9 heteroatoms. The first kappa shape index (κ1) is 15.4. The van der Waals surface area contributed by atoms with Gasteiger partial charge in [0.2, 0.25) is 5.82 Å². The number of primary amides is 1. The van der Waals surface area contributed by atoms with Crippen LogP contribution in [0.5, 0.6) is 5.75 Å². The van der Waals surface area contributed by atoms with Crippen molar-refractivity contribution in [2.24, 2.45) is 5.73 Å². The van der Waals surface area contributed by atoms with Crippen LogP contribution in [0.3, 0.4) is 0 Å². The Morgan fingerprint density at radius 3 is 2.86 bits per heavy atom. The summed E-state index contributed by atoms with van der Waals surface area (Å²) in [5.41, 5.74) is 5.46. The lowest BCUT2D eigenvalue weighted by Crippen LogP contribution is -2.26. The van der Waals surface area contributed by atoms with E-state index in [9.17, 15) is 9.59 Å². The lowest BCUT2D eigenvalue weighted by Gasteiger charge is -2.06. The van der Waals surface area contributed by atoms with E-state index in [0.29, 0.717) is 0 Å². The standard InChI is InChI=1S/C13H14N4O5/c14-11(19)8-3-1-2-4-9(8)21-7-10-16-13(22-17-10)12(20)15-5-6-18/h1-4,18H,5-7H2,(H2,14,19)(H,15,20). The van der Waals surface area contributed by atoms with Crippen LogP contribution >= 0.6 is 0 Å². The van der Waals surface area contributed by atoms with E-state index in [2.05, 4.69) is 15.5 Å². The normalized spacial score (nSPS) is 10.2. The zero-order chi connectivity index (χ0) is 15.9. The van der Waals surface area contributed by atoms with E-state index in [-0.39, 0.29) is 42.8 Å². The number of ether oxygens (including phenoxy) is 1. The average molecular weight is 306 g/mol. The lowest BCUT2D eigenvalue weighted by atomic mass is 10.2. The van der Waals surface area contributed by atoms with E-state index in [0.717, 1.165) is 0 Å². The molecule has 9 nitrogen and oxygen atoms in total. The average Bonchev–Trinajstić information content (AvgIpc) is 2.99. The summed E-state index contributed by atoms with van der Waals surface area (Å²) < 4.78 is 10.2. The number of para-hydroxylation sites is 1. The molecule has 0 aliphatic carbocycles. The van der Waals surface area contributed by atoms with Crippen molar-refractivity contribution in [2.45, 2.75) is 6.61 Å². The third-order valence-corrected chi connectivity index (χ3v) is 2.57. The molecule has 0 unspecified atom stereocenters. The van der Waals surface area contributed by atoms with E-state index in [4.69, 9.17) is 20.1 Å². The Morgan fingerprint density at radius 2 is 2.14 bits per heavy atom. The number of nitrogens with one attached hydrogen (secondary N) is 1. The minimum atomic E-state index is -0.618. The molecule has 0 aliphatic heterocycles. The maximum absolute atomic E-state index is 11.5. The Balaban J connectivity index is 2.00. The molecule has 0 bridgehead atoms. The van der Waals surface area contributed by atoms with Crippen LogP contribution in [0, 0.1) is 0 Å². The van der Waals surface area contributed by atoms with Gasteiger partial charge in [0.15, 0.2) is 6.61 Å². The van der Waals surface area contributed by atoms with Crippen molar-refractivity contribution < 1.29 is 24.0 Å². The first-order valence-electron chi connectivity index (χ1n) is 6.35. The van der Waals surface area contributed by atoms with Crippen molar-refractivity contribution in [3.63, 3.8) is 0 Å². The number of aliphatic hydroxyl groups excluding tert-OH is 1. The fraction of sp³-hybridized carbons (Fsp3) is 0.231. The van der Waals surface area contributed by atoms with E-state index >= 15 is 0 Å². The van der Waals surface area contributed by atoms with Crippen LogP contribution in [0.4, 0.5) is 0 Å². The highest BCUT2D eigenvalue weighted by Crippen LogP contribution is 2.18. The SMILES string of the molecule is NC(=O)c1ccccc1OCc1noc(C(=O)NCCO)n1. The summed E-state index contributed by atoms with van der Waals surface area (Å²) in [7, 11) is 0. The maximum atomic E-state index is 11.5. The maximum Gasteiger partial charge on any atom is 0.316 e. The molecule has 0 saturated carbocycles. The number of nitrogens with zero attached hydrogens (tertiary/aromatic N) is 2. The Morgan fingerprint density at radius 1 is 1.36 bits per heavy atom. The van der Waals surface area contributed by atoms with E-state index in [1.54, 1.807) is 18.2 Å². The number of carbonyl (C=O) groups is 2. The summed E-state index contributed by atoms with van der Waals surface area (Å²) in [6, 6.07) is 6.45. The highest BCUT2D eigenvalue weighted by molar-refractivity contribution is 5.95. The molecule has 0 atom stereocenters. The predicted octanol–water partition coefficient (Wildman–Crippen LogP) is -0.530. The van der Waals surface area contributed by atoms with Gasteiger partial charge in [-0.25, -0.2) is 0 Å². The van der Waals surface area contributed by atoms with Crippen LogP contribution in [-0.4, -0.2) is 40.2 Å². The molecule has 1 aromatic carbocycles. The molecule has 22 heavy (non-hydrogen) atoms. The minimum absolute atomic E-state index is 0.0824. The van der Waals surface area contributed by atoms with Gasteiger partial charge < -0.3 is 25.4 Å². The van der Waals surface area contributed by atoms with Crippen LogP contribution < -0.4 is 15.8 Å². The van der Waals surface area contributed by atoms with Crippen LogP contribution in [0.25, 0.3) is 0 Å². The fourth-order valence-corrected chi connectivity index (χ4v) is 1.59. The second-order valence-corrected chi connectivity index (χ2v) is 4.14. The molecule has 0 fully saturated rings. The summed E-state index contributed by atoms with van der Waals surface area (Å²) >= 11 is 0. The molecule has 0 saturated heterocycles. The topological polar surface area (TPSA) is 141 Å². The number of aliphatic hydroxyl groups is 1. The van der Waals surface area contributed by atoms with Gasteiger partial charge in [-0.3, -0.25) is 9.59 Å². The fourth-order valence-electron chi connectivity index (χ4n) is 1.59. The molecule has 0 spiro atoms. The van der Waals surface area contributed by atoms with Crippen LogP contribution in [0.1, 0.15) is 26.9 Å². The minimum Gasteiger partial charge on any atom is -0.485 e. The number of benzene rings is 1. The molecule has 0 aliphatic rings. The molecule has 0 radical (unpaired) electrons. The van der Waals surface area contributed by atoms with Crippen molar-refractivity contribution >= 4 is 11.8 Å². The summed E-state index contributed by atoms with van der Waals surface area (Å²) in [6.07, 6.45) is 0. The number of hydrogen-bond acceptors (Lipinski definition) is 7. The van der Waals surface area contributed by atoms with Gasteiger partial charge in [0.05, 0.1) is 12.2 Å². The molecule has 116 valence electrons. The van der Waals surface area contributed by atoms with Crippen molar-refractivity contribution in [1.29, 1.82) is 0 Å². The Hall–Kier alpha value is -2.94. The first-order chi connectivity index (χ1) is 10.6. The number of rotatable bonds is 7. The van der Waals surface area contributed by atoms with Gasteiger partial charge >= 0.3 is 11.8 Å². The van der Waals surface area contributed by atoms with Crippen molar-refractivity contribution in [3.8, 4) is 5.75 Å². The predicted molar refractivity (Wildman–Crippen MR) is 73.0 cm³/mol. The largest absolute Gasteiger partial charge is 0.485 e. The van der Waals surface area contributed by atoms with Crippen LogP contribution in [0.15, 0.2) is 28.8 Å². The third-order valence-electron chi connectivity index (χ3n) is 2.57. The van der Waals surface area contributed by atoms with E-state index in [1.807, 2.05) is 0 Å². The molecule has 2 rings (SSSR count). The zero-order valence-corrected chi connectivity index (χ0v) is 11.5. The van der Waals surface area contributed by atoms with Crippen molar-refractivity contribution in [2.75, 3.05) is 13.2 Å². The summed E-state index contributed by atoms with van der Waals surface area (Å²) in [6.45, 7) is -0.208. The van der Waals surface area contributed by atoms with Crippen LogP contribution in [0.2, 0.25) is 0 Å². The molecule has 2 aromatic rings. The highest BCUT2D eigenvalue weighted by Gasteiger charge is 2.15. The van der Waals surface area contributed by atoms with Crippen molar-refractivity contribution in [1.82, 2.24) is 15.5 Å². The smallest absolute Gasteiger partial charge is 0.316 e. The molecule has 1 heterocycles. The Kier molecular flexibility index (Phi) is 5.04. The third kappa shape index (κ3) is 3.79. The number of nitrogens with two attached hydrogens (primary N) is 1. The van der Waals surface area contributed by atoms with Gasteiger partial charge in [0.25, 0.3) is 5.91 Å². The Labute approximate surface area is 125 Å². The zero-order valence-electron chi connectivity index (χ0n) is 11.5. The quantitative estimate of drug-likeness (QED) is 0.624. The van der Waals surface area contributed by atoms with Crippen LogP contribution in [-0.2, 0) is 6.61 Å². The van der Waals surface area contributed by atoms with E-state index < -0.39 is 11.8 Å². The monoisotopic (exact) mass is 306 g/mol. The number of carbonyl (C=O) groups excluding carboxylic acids is 2. The second-order valence-electron chi connectivity index (χ2n) is 4.14. The molecular formula is C13H14N4O5. The van der Waals surface area contributed by atoms with Gasteiger partial charge in [-0.15, -0.1) is 0 Å². The van der Waals surface area contributed by atoms with Crippen molar-refractivity contribution in [3.05, 3.63) is 41.5 Å². The first-order valence-corrected chi connectivity index (χ1v) is 6.35. The van der Waals surface area contributed by atoms with Gasteiger partial charge in [-0.2, -0.15) is 4.98 Å². The molecular weight excluding hydrogens is 292 g/mol. The number of amides is 2. The summed E-state index contributed by atoms with van der Waals surface area (Å²) in [5, 5.41) is 14.6. The molecule has 2 amide bonds. The number of hydrogen-bond donors (Lipinski definition) is 3. The molecule has 1 aromatic heterocycles. The Bertz CT molecular complexity index is 670. The molecule has 4 N–H and O–H groups in total. The van der Waals surface area contributed by atoms with Gasteiger partial charge in [0.1, 0.15) is 5.75 Å². The van der Waals surface area contributed by atoms with Gasteiger partial charge in [-0.1, -0.05) is 17.3 Å². The van der Waals surface area contributed by atoms with Gasteiger partial charge in [-0.05, 0) is 12.1 Å². The summed E-state index contributed by atoms with van der Waals surface area (Å²) in [4.78, 5) is 26.6. The number of aromatic nitrogens is 2. The lowest BCUT2D eigenvalue weighted by molar-refractivity contribution is 0.0900. The van der Waals surface area contributed by atoms with E-state index in [1.165, 1.54) is 6.07 Å². The second kappa shape index (κ2) is 7.18. The summed E-state index contributed by atoms with van der Waals surface area (Å²) in [5.74, 6) is -1.03.